The van der Waals surface area contributed by atoms with E-state index < -0.39 is 15.8 Å². The maximum Gasteiger partial charge on any atom is 0.218 e. The van der Waals surface area contributed by atoms with Gasteiger partial charge in [0.05, 0.1) is 11.8 Å². The average Bonchev–Trinajstić information content (AvgIpc) is 2.32. The van der Waals surface area contributed by atoms with Crippen LogP contribution in [0.3, 0.4) is 0 Å². The van der Waals surface area contributed by atoms with Crippen molar-refractivity contribution in [2.24, 2.45) is 0 Å². The minimum absolute atomic E-state index is 0.129. The Bertz CT molecular complexity index is 537. The van der Waals surface area contributed by atoms with Crippen LogP contribution in [-0.4, -0.2) is 25.8 Å². The lowest BCUT2D eigenvalue weighted by atomic mass is 10.2. The van der Waals surface area contributed by atoms with Crippen LogP contribution in [0.15, 0.2) is 24.3 Å². The Morgan fingerprint density at radius 1 is 1.39 bits per heavy atom. The predicted molar refractivity (Wildman–Crippen MR) is 66.5 cm³/mol. The van der Waals surface area contributed by atoms with Crippen molar-refractivity contribution in [2.75, 3.05) is 13.1 Å². The molecule has 0 aliphatic carbocycles. The van der Waals surface area contributed by atoms with E-state index in [0.717, 1.165) is 0 Å². The summed E-state index contributed by atoms with van der Waals surface area (Å²) in [6.07, 6.45) is 0.129. The minimum atomic E-state index is -3.58. The van der Waals surface area contributed by atoms with Crippen molar-refractivity contribution < 1.29 is 12.8 Å². The van der Waals surface area contributed by atoms with E-state index >= 15 is 0 Å². The van der Waals surface area contributed by atoms with Gasteiger partial charge in [-0.05, 0) is 6.07 Å². The molecular formula is C12H15FN2O2S. The Labute approximate surface area is 107 Å². The first-order chi connectivity index (χ1) is 8.51. The summed E-state index contributed by atoms with van der Waals surface area (Å²) in [6, 6.07) is 7.69. The number of sulfonamides is 1. The van der Waals surface area contributed by atoms with Crippen molar-refractivity contribution >= 4 is 10.0 Å². The van der Waals surface area contributed by atoms with Gasteiger partial charge in [0.15, 0.2) is 0 Å². The molecule has 0 atom stereocenters. The molecule has 0 amide bonds. The molecule has 1 rings (SSSR count). The number of benzene rings is 1. The Balaban J connectivity index is 2.87. The molecule has 0 fully saturated rings. The summed E-state index contributed by atoms with van der Waals surface area (Å²) in [4.78, 5) is 0. The first-order valence-corrected chi connectivity index (χ1v) is 7.20. The second-order valence-electron chi connectivity index (χ2n) is 3.75. The zero-order valence-corrected chi connectivity index (χ0v) is 11.0. The van der Waals surface area contributed by atoms with Crippen LogP contribution in [-0.2, 0) is 15.8 Å². The summed E-state index contributed by atoms with van der Waals surface area (Å²) >= 11 is 0. The maximum absolute atomic E-state index is 13.4. The summed E-state index contributed by atoms with van der Waals surface area (Å²) in [5.74, 6) is -0.906. The van der Waals surface area contributed by atoms with Gasteiger partial charge in [-0.15, -0.1) is 0 Å². The molecule has 1 aromatic rings. The summed E-state index contributed by atoms with van der Waals surface area (Å²) in [5, 5.41) is 8.48. The third kappa shape index (κ3) is 3.79. The molecule has 0 radical (unpaired) electrons. The van der Waals surface area contributed by atoms with Crippen LogP contribution < -0.4 is 0 Å². The van der Waals surface area contributed by atoms with Crippen molar-refractivity contribution in [3.8, 4) is 6.07 Å². The number of hydrogen-bond donors (Lipinski definition) is 0. The average molecular weight is 270 g/mol. The molecule has 0 N–H and O–H groups in total. The number of rotatable bonds is 6. The van der Waals surface area contributed by atoms with E-state index in [-0.39, 0.29) is 30.8 Å². The van der Waals surface area contributed by atoms with Crippen molar-refractivity contribution in [3.63, 3.8) is 0 Å². The topological polar surface area (TPSA) is 61.2 Å². The first kappa shape index (κ1) is 14.6. The molecular weight excluding hydrogens is 255 g/mol. The number of nitrogens with zero attached hydrogens (tertiary/aromatic N) is 2. The minimum Gasteiger partial charge on any atom is -0.212 e. The normalized spacial score (nSPS) is 11.4. The van der Waals surface area contributed by atoms with Crippen LogP contribution >= 0.6 is 0 Å². The van der Waals surface area contributed by atoms with Crippen LogP contribution in [0.4, 0.5) is 4.39 Å². The summed E-state index contributed by atoms with van der Waals surface area (Å²) < 4.78 is 38.7. The van der Waals surface area contributed by atoms with E-state index in [1.165, 1.54) is 22.5 Å². The van der Waals surface area contributed by atoms with Gasteiger partial charge in [-0.3, -0.25) is 0 Å². The van der Waals surface area contributed by atoms with E-state index in [1.807, 2.05) is 6.07 Å². The maximum atomic E-state index is 13.4. The summed E-state index contributed by atoms with van der Waals surface area (Å²) in [7, 11) is -3.58. The highest BCUT2D eigenvalue weighted by Gasteiger charge is 2.21. The van der Waals surface area contributed by atoms with E-state index in [1.54, 1.807) is 13.0 Å². The summed E-state index contributed by atoms with van der Waals surface area (Å²) in [6.45, 7) is 2.11. The number of hydrogen-bond acceptors (Lipinski definition) is 3. The van der Waals surface area contributed by atoms with Crippen LogP contribution in [0.25, 0.3) is 0 Å². The zero-order valence-electron chi connectivity index (χ0n) is 10.1. The molecule has 1 aromatic carbocycles. The Morgan fingerprint density at radius 3 is 2.61 bits per heavy atom. The third-order valence-electron chi connectivity index (χ3n) is 2.51. The van der Waals surface area contributed by atoms with Gasteiger partial charge in [-0.25, -0.2) is 17.1 Å². The first-order valence-electron chi connectivity index (χ1n) is 5.59. The standard InChI is InChI=1S/C12H15FN2O2S/c1-2-15(9-5-8-14)18(16,17)10-11-6-3-4-7-12(11)13/h3-4,6-7H,2,5,9-10H2,1H3. The SMILES string of the molecule is CCN(CCC#N)S(=O)(=O)Cc1ccccc1F. The highest BCUT2D eigenvalue weighted by atomic mass is 32.2. The van der Waals surface area contributed by atoms with Crippen molar-refractivity contribution in [2.45, 2.75) is 19.1 Å². The molecule has 0 unspecified atom stereocenters. The predicted octanol–water partition coefficient (Wildman–Crippen LogP) is 1.89. The monoisotopic (exact) mass is 270 g/mol. The molecule has 0 saturated carbocycles. The quantitative estimate of drug-likeness (QED) is 0.793. The van der Waals surface area contributed by atoms with E-state index in [0.29, 0.717) is 0 Å². The molecule has 0 aromatic heterocycles. The fourth-order valence-electron chi connectivity index (χ4n) is 1.57. The van der Waals surface area contributed by atoms with Crippen LogP contribution in [0, 0.1) is 17.1 Å². The smallest absolute Gasteiger partial charge is 0.212 e. The van der Waals surface area contributed by atoms with Gasteiger partial charge in [-0.2, -0.15) is 5.26 Å². The van der Waals surface area contributed by atoms with Gasteiger partial charge >= 0.3 is 0 Å². The number of nitriles is 1. The Kier molecular flexibility index (Phi) is 5.25. The van der Waals surface area contributed by atoms with Crippen LogP contribution in [0.5, 0.6) is 0 Å². The Hall–Kier alpha value is -1.45. The number of halogens is 1. The fraction of sp³-hybridized carbons (Fsp3) is 0.417. The zero-order chi connectivity index (χ0) is 13.6. The van der Waals surface area contributed by atoms with E-state index in [4.69, 9.17) is 5.26 Å². The van der Waals surface area contributed by atoms with Crippen molar-refractivity contribution in [1.29, 1.82) is 5.26 Å². The highest BCUT2D eigenvalue weighted by Crippen LogP contribution is 2.14. The lowest BCUT2D eigenvalue weighted by molar-refractivity contribution is 0.433. The molecule has 98 valence electrons. The molecule has 0 aliphatic heterocycles. The lowest BCUT2D eigenvalue weighted by Crippen LogP contribution is -2.33. The van der Waals surface area contributed by atoms with Gasteiger partial charge in [0.2, 0.25) is 10.0 Å². The van der Waals surface area contributed by atoms with Crippen molar-refractivity contribution in [1.82, 2.24) is 4.31 Å². The second kappa shape index (κ2) is 6.47. The molecule has 18 heavy (non-hydrogen) atoms. The second-order valence-corrected chi connectivity index (χ2v) is 5.72. The van der Waals surface area contributed by atoms with Gasteiger partial charge in [0.25, 0.3) is 0 Å². The van der Waals surface area contributed by atoms with Crippen molar-refractivity contribution in [3.05, 3.63) is 35.6 Å². The van der Waals surface area contributed by atoms with Gasteiger partial charge in [0, 0.05) is 25.1 Å². The van der Waals surface area contributed by atoms with E-state index in [9.17, 15) is 12.8 Å². The van der Waals surface area contributed by atoms with Crippen LogP contribution in [0.1, 0.15) is 18.9 Å². The molecule has 0 aliphatic rings. The molecule has 6 heteroatoms. The Morgan fingerprint density at radius 2 is 2.06 bits per heavy atom. The van der Waals surface area contributed by atoms with Gasteiger partial charge < -0.3 is 0 Å². The fourth-order valence-corrected chi connectivity index (χ4v) is 3.14. The summed E-state index contributed by atoms with van der Waals surface area (Å²) in [5.41, 5.74) is 0.146. The van der Waals surface area contributed by atoms with Crippen LogP contribution in [0.2, 0.25) is 0 Å². The van der Waals surface area contributed by atoms with Gasteiger partial charge in [0.1, 0.15) is 5.82 Å². The highest BCUT2D eigenvalue weighted by molar-refractivity contribution is 7.88. The molecule has 0 bridgehead atoms. The lowest BCUT2D eigenvalue weighted by Gasteiger charge is -2.19. The molecule has 4 nitrogen and oxygen atoms in total. The van der Waals surface area contributed by atoms with E-state index in [2.05, 4.69) is 0 Å². The molecule has 0 heterocycles. The molecule has 0 saturated heterocycles. The van der Waals surface area contributed by atoms with Gasteiger partial charge in [-0.1, -0.05) is 25.1 Å². The largest absolute Gasteiger partial charge is 0.218 e. The molecule has 0 spiro atoms. The third-order valence-corrected chi connectivity index (χ3v) is 4.42.